The van der Waals surface area contributed by atoms with E-state index >= 15 is 0 Å². The minimum atomic E-state index is 0.674. The zero-order chi connectivity index (χ0) is 29.6. The number of nitrogens with zero attached hydrogens (tertiary/aromatic N) is 3. The molecule has 0 N–H and O–H groups in total. The van der Waals surface area contributed by atoms with Crippen LogP contribution in [0.25, 0.3) is 76.3 Å². The molecule has 1 aliphatic rings. The Balaban J connectivity index is 0.000000434. The van der Waals surface area contributed by atoms with E-state index in [1.54, 1.807) is 0 Å². The van der Waals surface area contributed by atoms with Crippen LogP contribution in [-0.2, 0) is 7.05 Å². The number of pyridine rings is 1. The fourth-order valence-corrected chi connectivity index (χ4v) is 6.71. The summed E-state index contributed by atoms with van der Waals surface area (Å²) in [5.41, 5.74) is 7.33. The van der Waals surface area contributed by atoms with Crippen molar-refractivity contribution in [1.82, 2.24) is 9.55 Å². The number of fused-ring (bicyclic) bond motifs is 9. The molecule has 44 heavy (non-hydrogen) atoms. The molecule has 6 aromatic carbocycles. The van der Waals surface area contributed by atoms with E-state index in [2.05, 4.69) is 133 Å². The van der Waals surface area contributed by atoms with Crippen LogP contribution in [0.1, 0.15) is 18.4 Å². The second-order valence-electron chi connectivity index (χ2n) is 11.4. The third-order valence-corrected chi connectivity index (χ3v) is 8.87. The van der Waals surface area contributed by atoms with Gasteiger partial charge in [-0.2, -0.15) is 5.26 Å². The summed E-state index contributed by atoms with van der Waals surface area (Å²) in [4.78, 5) is 5.32. The van der Waals surface area contributed by atoms with E-state index in [4.69, 9.17) is 4.98 Å². The molecule has 0 saturated heterocycles. The molecule has 0 bridgehead atoms. The normalized spacial score (nSPS) is 12.7. The molecule has 0 amide bonds. The molecule has 0 fully saturated rings. The predicted molar refractivity (Wildman–Crippen MR) is 186 cm³/mol. The smallest absolute Gasteiger partial charge is 0.0991 e. The second kappa shape index (κ2) is 10.5. The van der Waals surface area contributed by atoms with Crippen molar-refractivity contribution < 1.29 is 0 Å². The maximum Gasteiger partial charge on any atom is 0.0991 e. The summed E-state index contributed by atoms with van der Waals surface area (Å²) in [6.45, 7) is 0. The molecule has 8 aromatic rings. The Kier molecular flexibility index (Phi) is 6.21. The topological polar surface area (TPSA) is 41.6 Å². The summed E-state index contributed by atoms with van der Waals surface area (Å²) in [5.74, 6) is 0. The van der Waals surface area contributed by atoms with Gasteiger partial charge in [-0.1, -0.05) is 103 Å². The van der Waals surface area contributed by atoms with Crippen molar-refractivity contribution in [2.45, 2.75) is 12.8 Å². The fraction of sp³-hybridized carbons (Fsp3) is 0.0732. The van der Waals surface area contributed by atoms with Crippen LogP contribution in [0.2, 0.25) is 0 Å². The van der Waals surface area contributed by atoms with Crippen molar-refractivity contribution >= 4 is 65.2 Å². The monoisotopic (exact) mass is 563 g/mol. The highest BCUT2D eigenvalue weighted by Gasteiger charge is 2.17. The third kappa shape index (κ3) is 4.15. The molecule has 2 heterocycles. The minimum Gasteiger partial charge on any atom is -0.344 e. The van der Waals surface area contributed by atoms with Gasteiger partial charge in [0.2, 0.25) is 0 Å². The maximum atomic E-state index is 9.55. The average Bonchev–Trinajstić information content (AvgIpc) is 3.38. The van der Waals surface area contributed by atoms with Gasteiger partial charge in [0.1, 0.15) is 0 Å². The number of hydrogen-bond donors (Lipinski definition) is 0. The molecule has 208 valence electrons. The lowest BCUT2D eigenvalue weighted by atomic mass is 9.92. The lowest BCUT2D eigenvalue weighted by molar-refractivity contribution is 1.01. The van der Waals surface area contributed by atoms with Gasteiger partial charge in [0.15, 0.2) is 0 Å². The summed E-state index contributed by atoms with van der Waals surface area (Å²) >= 11 is 0. The van der Waals surface area contributed by atoms with Gasteiger partial charge in [0.25, 0.3) is 0 Å². The lowest BCUT2D eigenvalue weighted by Gasteiger charge is -2.15. The van der Waals surface area contributed by atoms with Gasteiger partial charge >= 0.3 is 0 Å². The molecular weight excluding hydrogens is 534 g/mol. The number of allylic oxidation sites excluding steroid dienone is 4. The fourth-order valence-electron chi connectivity index (χ4n) is 6.71. The van der Waals surface area contributed by atoms with Crippen LogP contribution in [0.5, 0.6) is 0 Å². The van der Waals surface area contributed by atoms with E-state index in [1.807, 2.05) is 18.2 Å². The van der Waals surface area contributed by atoms with Gasteiger partial charge in [-0.15, -0.1) is 0 Å². The molecule has 3 heteroatoms. The summed E-state index contributed by atoms with van der Waals surface area (Å²) in [5, 5.41) is 18.8. The molecule has 0 unspecified atom stereocenters. The van der Waals surface area contributed by atoms with Crippen molar-refractivity contribution in [1.29, 1.82) is 5.26 Å². The van der Waals surface area contributed by atoms with Crippen LogP contribution in [0, 0.1) is 11.3 Å². The van der Waals surface area contributed by atoms with Crippen LogP contribution in [0.4, 0.5) is 0 Å². The minimum absolute atomic E-state index is 0.674. The number of nitriles is 1. The van der Waals surface area contributed by atoms with E-state index in [1.165, 1.54) is 29.2 Å². The molecular formula is C41H29N3. The van der Waals surface area contributed by atoms with E-state index in [-0.39, 0.29) is 0 Å². The molecule has 0 saturated carbocycles. The number of aromatic nitrogens is 2. The zero-order valence-corrected chi connectivity index (χ0v) is 24.5. The van der Waals surface area contributed by atoms with E-state index < -0.39 is 0 Å². The molecule has 3 nitrogen and oxygen atoms in total. The van der Waals surface area contributed by atoms with Crippen LogP contribution < -0.4 is 0 Å². The van der Waals surface area contributed by atoms with E-state index in [0.717, 1.165) is 59.9 Å². The van der Waals surface area contributed by atoms with Crippen molar-refractivity contribution in [2.24, 2.45) is 7.05 Å². The van der Waals surface area contributed by atoms with E-state index in [9.17, 15) is 5.26 Å². The van der Waals surface area contributed by atoms with Crippen molar-refractivity contribution in [3.8, 4) is 17.2 Å². The molecule has 0 atom stereocenters. The molecule has 0 spiro atoms. The molecule has 0 aliphatic heterocycles. The molecule has 0 radical (unpaired) electrons. The van der Waals surface area contributed by atoms with Crippen molar-refractivity contribution in [3.63, 3.8) is 0 Å². The standard InChI is InChI=1S/C35H21N3.C6H8/c1-38-31-16-10-21(20-36)18-29(31)30-19-24(13-17-32(30)38)33-27-14-11-22-6-2-4-8-25(22)34(27)37-35-26-9-5-3-7-23(26)12-15-28(33)35;1-2-4-6-5-3-1/h2-19H,1H3;1-4H,5-6H2. The number of rotatable bonds is 1. The van der Waals surface area contributed by atoms with Crippen LogP contribution in [0.15, 0.2) is 133 Å². The highest BCUT2D eigenvalue weighted by molar-refractivity contribution is 6.22. The van der Waals surface area contributed by atoms with Gasteiger partial charge < -0.3 is 4.57 Å². The molecule has 1 aliphatic carbocycles. The first-order valence-electron chi connectivity index (χ1n) is 15.1. The van der Waals surface area contributed by atoms with Crippen LogP contribution >= 0.6 is 0 Å². The Morgan fingerprint density at radius 3 is 1.73 bits per heavy atom. The number of hydrogen-bond acceptors (Lipinski definition) is 2. The highest BCUT2D eigenvalue weighted by Crippen LogP contribution is 2.41. The highest BCUT2D eigenvalue weighted by atomic mass is 14.9. The van der Waals surface area contributed by atoms with Crippen molar-refractivity contribution in [2.75, 3.05) is 0 Å². The SMILES string of the molecule is C1=CCCC=C1.Cn1c2ccc(C#N)cc2c2cc(-c3c4ccc5ccccc5c4nc4c3ccc3ccccc34)ccc21. The summed E-state index contributed by atoms with van der Waals surface area (Å²) in [7, 11) is 2.09. The Morgan fingerprint density at radius 2 is 1.16 bits per heavy atom. The van der Waals surface area contributed by atoms with Gasteiger partial charge in [-0.3, -0.25) is 0 Å². The summed E-state index contributed by atoms with van der Waals surface area (Å²) in [6.07, 6.45) is 11.0. The predicted octanol–water partition coefficient (Wildman–Crippen LogP) is 10.8. The van der Waals surface area contributed by atoms with Gasteiger partial charge in [0, 0.05) is 56.0 Å². The first-order valence-corrected chi connectivity index (χ1v) is 15.1. The summed E-state index contributed by atoms with van der Waals surface area (Å²) < 4.78 is 2.21. The number of aryl methyl sites for hydroxylation is 1. The Bertz CT molecular complexity index is 2420. The zero-order valence-electron chi connectivity index (χ0n) is 24.5. The quantitative estimate of drug-likeness (QED) is 0.147. The first kappa shape index (κ1) is 25.9. The maximum absolute atomic E-state index is 9.55. The first-order chi connectivity index (χ1) is 21.7. The lowest BCUT2D eigenvalue weighted by Crippen LogP contribution is -1.92. The molecule has 9 rings (SSSR count). The van der Waals surface area contributed by atoms with Gasteiger partial charge in [0.05, 0.1) is 22.7 Å². The Hall–Kier alpha value is -5.72. The average molecular weight is 564 g/mol. The van der Waals surface area contributed by atoms with Gasteiger partial charge in [-0.05, 0) is 59.5 Å². The third-order valence-electron chi connectivity index (χ3n) is 8.87. The Morgan fingerprint density at radius 1 is 0.591 bits per heavy atom. The van der Waals surface area contributed by atoms with Crippen LogP contribution in [-0.4, -0.2) is 9.55 Å². The van der Waals surface area contributed by atoms with E-state index in [0.29, 0.717) is 5.56 Å². The van der Waals surface area contributed by atoms with Crippen molar-refractivity contribution in [3.05, 3.63) is 139 Å². The van der Waals surface area contributed by atoms with Crippen LogP contribution in [0.3, 0.4) is 0 Å². The second-order valence-corrected chi connectivity index (χ2v) is 11.4. The summed E-state index contributed by atoms with van der Waals surface area (Å²) in [6, 6.07) is 40.8. The van der Waals surface area contributed by atoms with Gasteiger partial charge in [-0.25, -0.2) is 4.98 Å². The largest absolute Gasteiger partial charge is 0.344 e. The number of benzene rings is 6. The molecule has 2 aromatic heterocycles. The Labute approximate surface area is 255 Å².